The number of amides is 1. The van der Waals surface area contributed by atoms with E-state index in [1.54, 1.807) is 0 Å². The van der Waals surface area contributed by atoms with Crippen LogP contribution in [0.5, 0.6) is 0 Å². The van der Waals surface area contributed by atoms with Gasteiger partial charge in [-0.15, -0.1) is 0 Å². The molecule has 0 spiro atoms. The summed E-state index contributed by atoms with van der Waals surface area (Å²) < 4.78 is 0. The molecule has 0 heterocycles. The molecule has 0 rings (SSSR count). The molecule has 3 heteroatoms. The van der Waals surface area contributed by atoms with Gasteiger partial charge in [-0.05, 0) is 0 Å². The van der Waals surface area contributed by atoms with E-state index >= 15 is 0 Å². The highest BCUT2D eigenvalue weighted by molar-refractivity contribution is 5.75. The van der Waals surface area contributed by atoms with Gasteiger partial charge in [0.25, 0.3) is 0 Å². The topological polar surface area (TPSA) is 49.3 Å². The highest BCUT2D eigenvalue weighted by Gasteiger charge is 1.90. The smallest absolute Gasteiger partial charge is 0.222 e. The van der Waals surface area contributed by atoms with Gasteiger partial charge in [0.2, 0.25) is 5.91 Å². The molecule has 0 aromatic heterocycles. The Hall–Kier alpha value is -0.570. The minimum atomic E-state index is -0.123. The number of carbonyl (C=O) groups excluding carboxylic acids is 1. The lowest BCUT2D eigenvalue weighted by Gasteiger charge is -1.91. The fourth-order valence-corrected chi connectivity index (χ4v) is 0.227. The fraction of sp³-hybridized carbons (Fsp3) is 0.750. The molecule has 0 unspecified atom stereocenters. The van der Waals surface area contributed by atoms with Crippen molar-refractivity contribution in [2.24, 2.45) is 0 Å². The maximum atomic E-state index is 10.1. The van der Waals surface area contributed by atoms with Crippen LogP contribution in [0.3, 0.4) is 0 Å². The zero-order valence-electron chi connectivity index (χ0n) is 4.27. The second kappa shape index (κ2) is 3.61. The van der Waals surface area contributed by atoms with Gasteiger partial charge in [-0.1, -0.05) is 0 Å². The lowest BCUT2D eigenvalue weighted by Crippen LogP contribution is -2.18. The van der Waals surface area contributed by atoms with E-state index in [0.717, 1.165) is 0 Å². The summed E-state index contributed by atoms with van der Waals surface area (Å²) in [6.45, 7) is -0.0698. The number of rotatable bonds is 2. The molecule has 0 atom stereocenters. The van der Waals surface area contributed by atoms with Crippen molar-refractivity contribution in [2.45, 2.75) is 6.42 Å². The summed E-state index contributed by atoms with van der Waals surface area (Å²) in [5.74, 6) is -0.123. The maximum absolute atomic E-state index is 10.1. The first-order valence-corrected chi connectivity index (χ1v) is 2.12. The van der Waals surface area contributed by atoms with Gasteiger partial charge in [0.15, 0.2) is 0 Å². The summed E-state index contributed by atoms with van der Waals surface area (Å²) in [4.78, 5) is 10.1. The Balaban J connectivity index is 3.00. The van der Waals surface area contributed by atoms with E-state index in [9.17, 15) is 4.79 Å². The van der Waals surface area contributed by atoms with Gasteiger partial charge in [-0.3, -0.25) is 4.79 Å². The monoisotopic (exact) mass is 103 g/mol. The summed E-state index contributed by atoms with van der Waals surface area (Å²) in [7, 11) is 1.54. The van der Waals surface area contributed by atoms with E-state index in [1.165, 1.54) is 7.05 Å². The predicted octanol–water partition coefficient (Wildman–Crippen LogP) is -0.885. The zero-order chi connectivity index (χ0) is 5.70. The molecule has 2 N–H and O–H groups in total. The Kier molecular flexibility index (Phi) is 3.32. The molecule has 7 heavy (non-hydrogen) atoms. The minimum absolute atomic E-state index is 0.0698. The molecule has 1 amide bonds. The number of carbonyl (C=O) groups is 1. The first-order valence-electron chi connectivity index (χ1n) is 2.12. The molecule has 0 aliphatic carbocycles. The molecule has 0 aromatic carbocycles. The van der Waals surface area contributed by atoms with E-state index < -0.39 is 0 Å². The number of aliphatic hydroxyl groups excluding tert-OH is 1. The minimum Gasteiger partial charge on any atom is -0.396 e. The summed E-state index contributed by atoms with van der Waals surface area (Å²) in [6, 6.07) is 0. The fourth-order valence-electron chi connectivity index (χ4n) is 0.227. The van der Waals surface area contributed by atoms with Crippen molar-refractivity contribution in [3.05, 3.63) is 0 Å². The Morgan fingerprint density at radius 3 is 2.57 bits per heavy atom. The first-order chi connectivity index (χ1) is 3.31. The van der Waals surface area contributed by atoms with E-state index in [0.29, 0.717) is 0 Å². The average molecular weight is 103 g/mol. The van der Waals surface area contributed by atoms with Crippen LogP contribution in [-0.4, -0.2) is 24.7 Å². The molecule has 0 bridgehead atoms. The van der Waals surface area contributed by atoms with Gasteiger partial charge in [0, 0.05) is 13.5 Å². The van der Waals surface area contributed by atoms with Crippen LogP contribution in [0.4, 0.5) is 0 Å². The molecule has 0 aliphatic rings. The number of hydrogen-bond acceptors (Lipinski definition) is 2. The van der Waals surface area contributed by atoms with Crippen LogP contribution in [-0.2, 0) is 4.79 Å². The molecule has 0 fully saturated rings. The number of nitrogens with one attached hydrogen (secondary N) is 1. The molecule has 0 aliphatic heterocycles. The second-order valence-electron chi connectivity index (χ2n) is 1.15. The summed E-state index contributed by atoms with van der Waals surface area (Å²) in [5.41, 5.74) is 0. The molecule has 0 aromatic rings. The molecule has 42 valence electrons. The molecule has 0 radical (unpaired) electrons. The van der Waals surface area contributed by atoms with Gasteiger partial charge < -0.3 is 10.4 Å². The maximum Gasteiger partial charge on any atom is 0.222 e. The van der Waals surface area contributed by atoms with Crippen LogP contribution < -0.4 is 5.32 Å². The highest BCUT2D eigenvalue weighted by atomic mass is 16.3. The molecular formula is C4H9NO2. The number of aliphatic hydroxyl groups is 1. The lowest BCUT2D eigenvalue weighted by molar-refractivity contribution is -0.121. The van der Waals surface area contributed by atoms with Gasteiger partial charge in [-0.25, -0.2) is 0 Å². The van der Waals surface area contributed by atoms with Gasteiger partial charge >= 0.3 is 0 Å². The highest BCUT2D eigenvalue weighted by Crippen LogP contribution is 1.71. The van der Waals surface area contributed by atoms with E-state index in [-0.39, 0.29) is 18.9 Å². The van der Waals surface area contributed by atoms with Crippen molar-refractivity contribution in [3.8, 4) is 0 Å². The average Bonchev–Trinajstić information content (AvgIpc) is 1.68. The summed E-state index contributed by atoms with van der Waals surface area (Å²) in [5, 5.41) is 10.5. The lowest BCUT2D eigenvalue weighted by atomic mass is 10.4. The normalized spacial score (nSPS) is 8.29. The summed E-state index contributed by atoms with van der Waals surface area (Å²) >= 11 is 0. The van der Waals surface area contributed by atoms with E-state index in [2.05, 4.69) is 5.32 Å². The number of hydrogen-bond donors (Lipinski definition) is 2. The molecule has 3 nitrogen and oxygen atoms in total. The molecular weight excluding hydrogens is 94.0 g/mol. The van der Waals surface area contributed by atoms with Crippen molar-refractivity contribution >= 4 is 5.91 Å². The van der Waals surface area contributed by atoms with Crippen LogP contribution in [0, 0.1) is 0 Å². The van der Waals surface area contributed by atoms with Crippen LogP contribution in [0.1, 0.15) is 6.42 Å². The third-order valence-electron chi connectivity index (χ3n) is 0.618. The van der Waals surface area contributed by atoms with Crippen LogP contribution in [0.2, 0.25) is 0 Å². The third-order valence-corrected chi connectivity index (χ3v) is 0.618. The standard InChI is InChI=1S/C4H9NO2/c1-5-4(7)2-3-6/h6H,2-3H2,1H3,(H,5,7). The largest absolute Gasteiger partial charge is 0.396 e. The Labute approximate surface area is 42.3 Å². The van der Waals surface area contributed by atoms with Gasteiger partial charge in [0.05, 0.1) is 6.61 Å². The Morgan fingerprint density at radius 1 is 1.86 bits per heavy atom. The Bertz CT molecular complexity index is 62.7. The zero-order valence-corrected chi connectivity index (χ0v) is 4.27. The third kappa shape index (κ3) is 3.26. The second-order valence-corrected chi connectivity index (χ2v) is 1.15. The van der Waals surface area contributed by atoms with Crippen LogP contribution in [0.15, 0.2) is 0 Å². The van der Waals surface area contributed by atoms with Gasteiger partial charge in [-0.2, -0.15) is 0 Å². The van der Waals surface area contributed by atoms with Crippen molar-refractivity contribution in [1.29, 1.82) is 0 Å². The Morgan fingerprint density at radius 2 is 2.43 bits per heavy atom. The molecule has 0 saturated heterocycles. The van der Waals surface area contributed by atoms with Crippen molar-refractivity contribution in [3.63, 3.8) is 0 Å². The van der Waals surface area contributed by atoms with Crippen molar-refractivity contribution < 1.29 is 9.90 Å². The van der Waals surface area contributed by atoms with Crippen molar-refractivity contribution in [1.82, 2.24) is 5.32 Å². The SMILES string of the molecule is CNC(=O)CCO. The first kappa shape index (κ1) is 6.43. The van der Waals surface area contributed by atoms with Crippen LogP contribution >= 0.6 is 0 Å². The van der Waals surface area contributed by atoms with E-state index in [4.69, 9.17) is 5.11 Å². The summed E-state index contributed by atoms with van der Waals surface area (Å²) in [6.07, 6.45) is 0.205. The predicted molar refractivity (Wildman–Crippen MR) is 25.8 cm³/mol. The quantitative estimate of drug-likeness (QED) is 0.476. The van der Waals surface area contributed by atoms with Gasteiger partial charge in [0.1, 0.15) is 0 Å². The van der Waals surface area contributed by atoms with Crippen LogP contribution in [0.25, 0.3) is 0 Å². The van der Waals surface area contributed by atoms with Crippen molar-refractivity contribution in [2.75, 3.05) is 13.7 Å². The molecule has 0 saturated carbocycles. The van der Waals surface area contributed by atoms with E-state index in [1.807, 2.05) is 0 Å².